The molecular formula is C20H23N5O3. The highest BCUT2D eigenvalue weighted by Gasteiger charge is 2.28. The van der Waals surface area contributed by atoms with Crippen molar-refractivity contribution in [1.82, 2.24) is 25.1 Å². The molecule has 0 radical (unpaired) electrons. The first-order chi connectivity index (χ1) is 13.7. The Morgan fingerprint density at radius 3 is 2.93 bits per heavy atom. The topological polar surface area (TPSA) is 93.2 Å². The van der Waals surface area contributed by atoms with Crippen molar-refractivity contribution in [2.24, 2.45) is 0 Å². The molecule has 1 fully saturated rings. The zero-order valence-corrected chi connectivity index (χ0v) is 16.0. The number of carbonyl (C=O) groups excluding carboxylic acids is 1. The minimum absolute atomic E-state index is 0.0751. The van der Waals surface area contributed by atoms with Crippen LogP contribution in [0.3, 0.4) is 0 Å². The molecular weight excluding hydrogens is 358 g/mol. The predicted octanol–water partition coefficient (Wildman–Crippen LogP) is 2.32. The molecule has 28 heavy (non-hydrogen) atoms. The van der Waals surface area contributed by atoms with E-state index in [1.807, 2.05) is 23.1 Å². The van der Waals surface area contributed by atoms with Gasteiger partial charge in [0.1, 0.15) is 17.0 Å². The minimum Gasteiger partial charge on any atom is -0.497 e. The van der Waals surface area contributed by atoms with E-state index in [0.29, 0.717) is 23.7 Å². The molecule has 0 aliphatic carbocycles. The molecule has 3 aromatic rings. The van der Waals surface area contributed by atoms with E-state index in [4.69, 9.17) is 9.47 Å². The number of carbonyl (C=O) groups is 1. The Labute approximate surface area is 162 Å². The summed E-state index contributed by atoms with van der Waals surface area (Å²) < 4.78 is 10.7. The summed E-state index contributed by atoms with van der Waals surface area (Å²) in [7, 11) is 3.22. The lowest BCUT2D eigenvalue weighted by atomic mass is 9.93. The van der Waals surface area contributed by atoms with E-state index < -0.39 is 0 Å². The Balaban J connectivity index is 1.51. The van der Waals surface area contributed by atoms with Crippen molar-refractivity contribution in [3.8, 4) is 11.5 Å². The molecule has 1 aromatic carbocycles. The monoisotopic (exact) mass is 381 g/mol. The summed E-state index contributed by atoms with van der Waals surface area (Å²) in [6.45, 7) is 1.39. The molecule has 146 valence electrons. The van der Waals surface area contributed by atoms with Crippen molar-refractivity contribution in [1.29, 1.82) is 0 Å². The molecule has 0 unspecified atom stereocenters. The van der Waals surface area contributed by atoms with Gasteiger partial charge in [0.2, 0.25) is 5.91 Å². The molecule has 2 aromatic heterocycles. The van der Waals surface area contributed by atoms with Crippen molar-refractivity contribution >= 4 is 17.1 Å². The highest BCUT2D eigenvalue weighted by Crippen LogP contribution is 2.30. The Hall–Kier alpha value is -3.16. The van der Waals surface area contributed by atoms with Crippen molar-refractivity contribution in [2.45, 2.75) is 25.2 Å². The van der Waals surface area contributed by atoms with Crippen LogP contribution in [0.1, 0.15) is 30.0 Å². The summed E-state index contributed by atoms with van der Waals surface area (Å²) in [6, 6.07) is 5.51. The average molecular weight is 381 g/mol. The van der Waals surface area contributed by atoms with E-state index in [0.717, 1.165) is 36.2 Å². The number of nitrogens with one attached hydrogen (secondary N) is 1. The number of aromatic amines is 1. The van der Waals surface area contributed by atoms with Gasteiger partial charge in [0.05, 0.1) is 26.3 Å². The van der Waals surface area contributed by atoms with E-state index in [9.17, 15) is 4.79 Å². The Bertz CT molecular complexity index is 987. The molecule has 0 saturated carbocycles. The summed E-state index contributed by atoms with van der Waals surface area (Å²) in [6.07, 6.45) is 5.50. The molecule has 8 heteroatoms. The van der Waals surface area contributed by atoms with Gasteiger partial charge in [0.15, 0.2) is 5.65 Å². The molecule has 1 atom stereocenters. The third-order valence-corrected chi connectivity index (χ3v) is 5.23. The molecule has 1 saturated heterocycles. The van der Waals surface area contributed by atoms with E-state index in [-0.39, 0.29) is 18.2 Å². The SMILES string of the molecule is COc1ccc(OC)c(CC(=O)N2CCC[C@@H](c3[nH]nc4nccnc34)C2)c1. The first-order valence-corrected chi connectivity index (χ1v) is 9.33. The normalized spacial score (nSPS) is 16.9. The van der Waals surface area contributed by atoms with Crippen molar-refractivity contribution < 1.29 is 14.3 Å². The van der Waals surface area contributed by atoms with Crippen LogP contribution in [0.15, 0.2) is 30.6 Å². The molecule has 3 heterocycles. The Morgan fingerprint density at radius 1 is 1.25 bits per heavy atom. The highest BCUT2D eigenvalue weighted by atomic mass is 16.5. The number of aromatic nitrogens is 4. The lowest BCUT2D eigenvalue weighted by molar-refractivity contribution is -0.131. The maximum Gasteiger partial charge on any atom is 0.227 e. The molecule has 1 aliphatic rings. The zero-order chi connectivity index (χ0) is 19.5. The summed E-state index contributed by atoms with van der Waals surface area (Å²) in [5, 5.41) is 7.32. The highest BCUT2D eigenvalue weighted by molar-refractivity contribution is 5.80. The summed E-state index contributed by atoms with van der Waals surface area (Å²) in [5.74, 6) is 1.65. The second-order valence-corrected chi connectivity index (χ2v) is 6.90. The number of amides is 1. The van der Waals surface area contributed by atoms with Gasteiger partial charge in [-0.05, 0) is 31.0 Å². The summed E-state index contributed by atoms with van der Waals surface area (Å²) in [5.41, 5.74) is 3.18. The van der Waals surface area contributed by atoms with Crippen LogP contribution in [0.5, 0.6) is 11.5 Å². The van der Waals surface area contributed by atoms with Crippen LogP contribution in [0.25, 0.3) is 11.2 Å². The van der Waals surface area contributed by atoms with E-state index >= 15 is 0 Å². The molecule has 1 N–H and O–H groups in total. The number of hydrogen-bond acceptors (Lipinski definition) is 6. The number of fused-ring (bicyclic) bond motifs is 1. The van der Waals surface area contributed by atoms with Crippen LogP contribution in [0.2, 0.25) is 0 Å². The Morgan fingerprint density at radius 2 is 2.11 bits per heavy atom. The smallest absolute Gasteiger partial charge is 0.227 e. The number of nitrogens with zero attached hydrogens (tertiary/aromatic N) is 4. The number of hydrogen-bond donors (Lipinski definition) is 1. The van der Waals surface area contributed by atoms with Gasteiger partial charge < -0.3 is 14.4 Å². The van der Waals surface area contributed by atoms with Crippen LogP contribution in [-0.2, 0) is 11.2 Å². The number of methoxy groups -OCH3 is 2. The number of benzene rings is 1. The number of H-pyrrole nitrogens is 1. The second kappa shape index (κ2) is 7.84. The third kappa shape index (κ3) is 3.49. The van der Waals surface area contributed by atoms with Gasteiger partial charge >= 0.3 is 0 Å². The summed E-state index contributed by atoms with van der Waals surface area (Å²) in [4.78, 5) is 23.5. The zero-order valence-electron chi connectivity index (χ0n) is 16.0. The fourth-order valence-corrected chi connectivity index (χ4v) is 3.79. The standard InChI is InChI=1S/C20H23N5O3/c1-27-15-5-6-16(28-2)14(10-15)11-17(26)25-9-3-4-13(12-25)18-19-20(24-23-18)22-8-7-21-19/h5-8,10,13H,3-4,9,11-12H2,1-2H3,(H,22,23,24)/t13-/m1/s1. The van der Waals surface area contributed by atoms with E-state index in [1.54, 1.807) is 26.6 Å². The van der Waals surface area contributed by atoms with E-state index in [2.05, 4.69) is 20.2 Å². The lowest BCUT2D eigenvalue weighted by Gasteiger charge is -2.32. The molecule has 0 bridgehead atoms. The van der Waals surface area contributed by atoms with Gasteiger partial charge in [0, 0.05) is 37.0 Å². The fraction of sp³-hybridized carbons (Fsp3) is 0.400. The third-order valence-electron chi connectivity index (χ3n) is 5.23. The first-order valence-electron chi connectivity index (χ1n) is 9.33. The molecule has 0 spiro atoms. The van der Waals surface area contributed by atoms with Crippen molar-refractivity contribution in [3.05, 3.63) is 41.9 Å². The quantitative estimate of drug-likeness (QED) is 0.729. The minimum atomic E-state index is 0.0751. The second-order valence-electron chi connectivity index (χ2n) is 6.90. The van der Waals surface area contributed by atoms with Crippen LogP contribution in [0.4, 0.5) is 0 Å². The van der Waals surface area contributed by atoms with Gasteiger partial charge in [-0.2, -0.15) is 5.10 Å². The van der Waals surface area contributed by atoms with Gasteiger partial charge in [0.25, 0.3) is 0 Å². The maximum absolute atomic E-state index is 13.0. The van der Waals surface area contributed by atoms with E-state index in [1.165, 1.54) is 0 Å². The number of ether oxygens (including phenoxy) is 2. The van der Waals surface area contributed by atoms with Gasteiger partial charge in [-0.1, -0.05) is 0 Å². The number of likely N-dealkylation sites (tertiary alicyclic amines) is 1. The molecule has 1 aliphatic heterocycles. The number of piperidine rings is 1. The maximum atomic E-state index is 13.0. The Kier molecular flexibility index (Phi) is 5.10. The van der Waals surface area contributed by atoms with Gasteiger partial charge in [-0.25, -0.2) is 9.97 Å². The molecule has 4 rings (SSSR count). The largest absolute Gasteiger partial charge is 0.497 e. The molecule has 1 amide bonds. The first kappa shape index (κ1) is 18.2. The fourth-order valence-electron chi connectivity index (χ4n) is 3.79. The van der Waals surface area contributed by atoms with Crippen LogP contribution >= 0.6 is 0 Å². The van der Waals surface area contributed by atoms with Gasteiger partial charge in [-0.3, -0.25) is 9.89 Å². The van der Waals surface area contributed by atoms with Crippen LogP contribution in [0, 0.1) is 0 Å². The predicted molar refractivity (Wildman–Crippen MR) is 103 cm³/mol. The van der Waals surface area contributed by atoms with Gasteiger partial charge in [-0.15, -0.1) is 0 Å². The van der Waals surface area contributed by atoms with Crippen LogP contribution in [-0.4, -0.2) is 58.3 Å². The number of rotatable bonds is 5. The summed E-state index contributed by atoms with van der Waals surface area (Å²) >= 11 is 0. The van der Waals surface area contributed by atoms with Crippen molar-refractivity contribution in [3.63, 3.8) is 0 Å². The van der Waals surface area contributed by atoms with Crippen molar-refractivity contribution in [2.75, 3.05) is 27.3 Å². The lowest BCUT2D eigenvalue weighted by Crippen LogP contribution is -2.40. The van der Waals surface area contributed by atoms with Crippen LogP contribution < -0.4 is 9.47 Å². The average Bonchev–Trinajstić information content (AvgIpc) is 3.18. The molecule has 8 nitrogen and oxygen atoms in total.